The van der Waals surface area contributed by atoms with E-state index < -0.39 is 11.7 Å². The maximum atomic E-state index is 12.9. The lowest BCUT2D eigenvalue weighted by Crippen LogP contribution is -2.49. The first-order valence-electron chi connectivity index (χ1n) is 11.9. The molecule has 3 rings (SSSR count). The molecule has 1 heterocycles. The number of carbonyl (C=O) groups is 1. The fourth-order valence-corrected chi connectivity index (χ4v) is 3.96. The van der Waals surface area contributed by atoms with E-state index in [0.29, 0.717) is 38.3 Å². The van der Waals surface area contributed by atoms with Gasteiger partial charge in [0.25, 0.3) is 0 Å². The lowest BCUT2D eigenvalue weighted by Gasteiger charge is -2.36. The van der Waals surface area contributed by atoms with Crippen LogP contribution < -0.4 is 16.0 Å². The Kier molecular flexibility index (Phi) is 8.53. The van der Waals surface area contributed by atoms with Crippen LogP contribution in [0.3, 0.4) is 0 Å². The van der Waals surface area contributed by atoms with E-state index in [2.05, 4.69) is 55.3 Å². The molecule has 0 radical (unpaired) electrons. The van der Waals surface area contributed by atoms with Gasteiger partial charge in [-0.1, -0.05) is 32.9 Å². The van der Waals surface area contributed by atoms with Gasteiger partial charge in [-0.2, -0.15) is 13.2 Å². The van der Waals surface area contributed by atoms with Gasteiger partial charge in [-0.25, -0.2) is 0 Å². The molecule has 1 amide bonds. The number of nitrogens with two attached hydrogens (primary N) is 1. The van der Waals surface area contributed by atoms with Gasteiger partial charge >= 0.3 is 6.18 Å². The Morgan fingerprint density at radius 2 is 1.69 bits per heavy atom. The van der Waals surface area contributed by atoms with E-state index in [9.17, 15) is 18.0 Å². The molecule has 192 valence electrons. The summed E-state index contributed by atoms with van der Waals surface area (Å²) < 4.78 is 44.3. The first kappa shape index (κ1) is 26.7. The molecule has 0 bridgehead atoms. The van der Waals surface area contributed by atoms with E-state index in [1.807, 2.05) is 4.90 Å². The van der Waals surface area contributed by atoms with Crippen molar-refractivity contribution in [2.45, 2.75) is 38.8 Å². The van der Waals surface area contributed by atoms with Crippen LogP contribution in [0, 0.1) is 0 Å². The van der Waals surface area contributed by atoms with Crippen molar-refractivity contribution in [2.75, 3.05) is 61.9 Å². The molecule has 2 aromatic carbocycles. The minimum atomic E-state index is -4.49. The number of nitrogens with zero attached hydrogens (tertiary/aromatic N) is 2. The molecule has 1 saturated heterocycles. The van der Waals surface area contributed by atoms with Crippen LogP contribution in [0.1, 0.15) is 38.3 Å². The van der Waals surface area contributed by atoms with E-state index in [4.69, 9.17) is 10.5 Å². The van der Waals surface area contributed by atoms with Crippen molar-refractivity contribution in [2.24, 2.45) is 0 Å². The average molecular weight is 493 g/mol. The highest BCUT2D eigenvalue weighted by atomic mass is 19.4. The second-order valence-corrected chi connectivity index (χ2v) is 9.80. The van der Waals surface area contributed by atoms with Gasteiger partial charge in [0.15, 0.2) is 0 Å². The summed E-state index contributed by atoms with van der Waals surface area (Å²) in [6.45, 7) is 10.2. The zero-order valence-corrected chi connectivity index (χ0v) is 20.6. The number of halogens is 3. The van der Waals surface area contributed by atoms with Gasteiger partial charge in [-0.05, 0) is 47.7 Å². The molecular formula is C26H35F3N4O2. The Bertz CT molecular complexity index is 980. The number of hydrogen-bond acceptors (Lipinski definition) is 5. The van der Waals surface area contributed by atoms with Gasteiger partial charge in [0.05, 0.1) is 5.56 Å². The minimum Gasteiger partial charge on any atom is -0.398 e. The predicted molar refractivity (Wildman–Crippen MR) is 134 cm³/mol. The van der Waals surface area contributed by atoms with Crippen molar-refractivity contribution in [3.63, 3.8) is 0 Å². The summed E-state index contributed by atoms with van der Waals surface area (Å²) in [4.78, 5) is 16.6. The van der Waals surface area contributed by atoms with Crippen molar-refractivity contribution < 1.29 is 22.7 Å². The molecule has 35 heavy (non-hydrogen) atoms. The van der Waals surface area contributed by atoms with Crippen LogP contribution in [-0.2, 0) is 21.1 Å². The molecule has 9 heteroatoms. The van der Waals surface area contributed by atoms with Gasteiger partial charge in [-0.3, -0.25) is 4.79 Å². The van der Waals surface area contributed by atoms with Gasteiger partial charge in [0.1, 0.15) is 6.61 Å². The maximum absolute atomic E-state index is 12.9. The molecule has 1 fully saturated rings. The third-order valence-corrected chi connectivity index (χ3v) is 6.11. The van der Waals surface area contributed by atoms with Gasteiger partial charge in [0.2, 0.25) is 5.91 Å². The molecule has 0 unspecified atom stereocenters. The largest absolute Gasteiger partial charge is 0.418 e. The smallest absolute Gasteiger partial charge is 0.398 e. The van der Waals surface area contributed by atoms with E-state index in [-0.39, 0.29) is 23.6 Å². The summed E-state index contributed by atoms with van der Waals surface area (Å²) in [6, 6.07) is 12.4. The highest BCUT2D eigenvalue weighted by Crippen LogP contribution is 2.35. The number of piperazine rings is 1. The number of benzene rings is 2. The lowest BCUT2D eigenvalue weighted by molar-refractivity contribution is -0.137. The second-order valence-electron chi connectivity index (χ2n) is 9.80. The highest BCUT2D eigenvalue weighted by molar-refractivity contribution is 5.77. The van der Waals surface area contributed by atoms with Crippen molar-refractivity contribution in [1.82, 2.24) is 4.90 Å². The SMILES string of the molecule is CC(C)(C)c1ccc(N2CCN(C(=O)COCCCNc3ccc(N)c(C(F)(F)F)c3)CC2)cc1. The van der Waals surface area contributed by atoms with E-state index in [1.165, 1.54) is 17.7 Å². The molecule has 1 aliphatic rings. The van der Waals surface area contributed by atoms with Crippen LogP contribution in [0.4, 0.5) is 30.2 Å². The summed E-state index contributed by atoms with van der Waals surface area (Å²) in [5, 5.41) is 2.93. The molecule has 0 atom stereocenters. The zero-order valence-electron chi connectivity index (χ0n) is 20.6. The summed E-state index contributed by atoms with van der Waals surface area (Å²) in [5.41, 5.74) is 7.17. The molecule has 0 saturated carbocycles. The fourth-order valence-electron chi connectivity index (χ4n) is 3.96. The van der Waals surface area contributed by atoms with Crippen LogP contribution in [0.2, 0.25) is 0 Å². The molecule has 0 aliphatic carbocycles. The number of amides is 1. The van der Waals surface area contributed by atoms with Crippen LogP contribution in [0.5, 0.6) is 0 Å². The van der Waals surface area contributed by atoms with Crippen molar-refractivity contribution in [3.8, 4) is 0 Å². The molecule has 0 spiro atoms. The normalized spacial score (nSPS) is 14.8. The number of hydrogen-bond donors (Lipinski definition) is 2. The summed E-state index contributed by atoms with van der Waals surface area (Å²) in [5.74, 6) is -0.0472. The summed E-state index contributed by atoms with van der Waals surface area (Å²) >= 11 is 0. The Morgan fingerprint density at radius 3 is 2.29 bits per heavy atom. The Balaban J connectivity index is 1.33. The van der Waals surface area contributed by atoms with Crippen molar-refractivity contribution in [3.05, 3.63) is 53.6 Å². The molecular weight excluding hydrogens is 457 g/mol. The topological polar surface area (TPSA) is 70.8 Å². The standard InChI is InChI=1S/C26H35F3N4O2/c1-25(2,3)19-5-8-21(9-6-19)32-12-14-33(15-13-32)24(34)18-35-16-4-11-31-20-7-10-23(30)22(17-20)26(27,28)29/h5-10,17,31H,4,11-16,18,30H2,1-3H3. The predicted octanol–water partition coefficient (Wildman–Crippen LogP) is 4.75. The molecule has 6 nitrogen and oxygen atoms in total. The highest BCUT2D eigenvalue weighted by Gasteiger charge is 2.33. The first-order valence-corrected chi connectivity index (χ1v) is 11.9. The zero-order chi connectivity index (χ0) is 25.6. The average Bonchev–Trinajstić information content (AvgIpc) is 2.81. The van der Waals surface area contributed by atoms with Crippen molar-refractivity contribution >= 4 is 23.0 Å². The summed E-state index contributed by atoms with van der Waals surface area (Å²) in [7, 11) is 0. The monoisotopic (exact) mass is 492 g/mol. The fraction of sp³-hybridized carbons (Fsp3) is 0.500. The number of nitrogen functional groups attached to an aromatic ring is 1. The van der Waals surface area contributed by atoms with E-state index in [0.717, 1.165) is 24.8 Å². The number of ether oxygens (including phenoxy) is 1. The minimum absolute atomic E-state index is 0.000369. The number of rotatable bonds is 8. The third-order valence-electron chi connectivity index (χ3n) is 6.11. The van der Waals surface area contributed by atoms with Gasteiger partial charge in [-0.15, -0.1) is 0 Å². The molecule has 1 aliphatic heterocycles. The van der Waals surface area contributed by atoms with Crippen LogP contribution in [0.25, 0.3) is 0 Å². The summed E-state index contributed by atoms with van der Waals surface area (Å²) in [6.07, 6.45) is -3.94. The van der Waals surface area contributed by atoms with E-state index >= 15 is 0 Å². The first-order chi connectivity index (χ1) is 16.4. The Hall–Kier alpha value is -2.94. The Morgan fingerprint density at radius 1 is 1.03 bits per heavy atom. The number of nitrogens with one attached hydrogen (secondary N) is 1. The van der Waals surface area contributed by atoms with Crippen LogP contribution in [0.15, 0.2) is 42.5 Å². The second kappa shape index (κ2) is 11.2. The maximum Gasteiger partial charge on any atom is 0.418 e. The number of alkyl halides is 3. The Labute approximate surface area is 205 Å². The van der Waals surface area contributed by atoms with E-state index in [1.54, 1.807) is 0 Å². The number of anilines is 3. The molecule has 2 aromatic rings. The van der Waals surface area contributed by atoms with Crippen LogP contribution >= 0.6 is 0 Å². The van der Waals surface area contributed by atoms with Gasteiger partial charge < -0.3 is 25.6 Å². The third kappa shape index (κ3) is 7.52. The molecule has 3 N–H and O–H groups in total. The van der Waals surface area contributed by atoms with Gasteiger partial charge in [0, 0.05) is 56.4 Å². The van der Waals surface area contributed by atoms with Crippen molar-refractivity contribution in [1.29, 1.82) is 0 Å². The molecule has 0 aromatic heterocycles. The quantitative estimate of drug-likeness (QED) is 0.411. The lowest BCUT2D eigenvalue weighted by atomic mass is 9.87. The number of carbonyl (C=O) groups excluding carboxylic acids is 1. The van der Waals surface area contributed by atoms with Crippen LogP contribution in [-0.4, -0.2) is 56.7 Å².